The average Bonchev–Trinajstić information content (AvgIpc) is 2.96. The predicted octanol–water partition coefficient (Wildman–Crippen LogP) is 3.03. The molecule has 0 saturated heterocycles. The number of hydrogen-bond acceptors (Lipinski definition) is 1. The van der Waals surface area contributed by atoms with Crippen molar-refractivity contribution in [3.8, 4) is 0 Å². The molecule has 2 heteroatoms. The molecule has 1 atom stereocenters. The molecule has 0 aliphatic rings. The second-order valence-electron chi connectivity index (χ2n) is 3.68. The summed E-state index contributed by atoms with van der Waals surface area (Å²) < 4.78 is 5.74. The molecule has 94 valence electrons. The summed E-state index contributed by atoms with van der Waals surface area (Å²) in [5, 5.41) is 0. The summed E-state index contributed by atoms with van der Waals surface area (Å²) in [6, 6.07) is 19.8. The Morgan fingerprint density at radius 2 is 1.82 bits per heavy atom. The molecule has 0 aliphatic carbocycles. The number of ether oxygens (including phenoxy) is 1. The normalized spacial score (nSPS) is 12.1. The second-order valence-corrected chi connectivity index (χ2v) is 3.68. The van der Waals surface area contributed by atoms with Crippen LogP contribution in [0.15, 0.2) is 24.3 Å². The van der Waals surface area contributed by atoms with Gasteiger partial charge >= 0.3 is 0 Å². The van der Waals surface area contributed by atoms with Crippen LogP contribution in [0.1, 0.15) is 30.6 Å². The molecule has 2 aromatic rings. The van der Waals surface area contributed by atoms with Gasteiger partial charge in [0.25, 0.3) is 0 Å². The molecule has 1 nitrogen and oxygen atoms in total. The van der Waals surface area contributed by atoms with Gasteiger partial charge in [-0.15, -0.1) is 5.56 Å². The van der Waals surface area contributed by atoms with Gasteiger partial charge in [-0.1, -0.05) is 6.42 Å². The minimum absolute atomic E-state index is 0. The van der Waals surface area contributed by atoms with E-state index in [4.69, 9.17) is 4.74 Å². The van der Waals surface area contributed by atoms with Crippen molar-refractivity contribution in [3.05, 3.63) is 59.7 Å². The molecule has 0 aromatic heterocycles. The molecule has 0 amide bonds. The van der Waals surface area contributed by atoms with Gasteiger partial charge in [-0.05, 0) is 6.92 Å². The second kappa shape index (κ2) is 7.49. The minimum Gasteiger partial charge on any atom is -0.998 e. The Balaban J connectivity index is 0.00000144. The van der Waals surface area contributed by atoms with Crippen LogP contribution in [-0.2, 0) is 28.2 Å². The van der Waals surface area contributed by atoms with Gasteiger partial charge in [0.05, 0.1) is 0 Å². The van der Waals surface area contributed by atoms with E-state index < -0.39 is 0 Å². The van der Waals surface area contributed by atoms with E-state index in [1.807, 2.05) is 19.1 Å². The van der Waals surface area contributed by atoms with Gasteiger partial charge in [0.15, 0.2) is 0 Å². The first-order valence-corrected chi connectivity index (χ1v) is 5.61. The molecule has 0 radical (unpaired) electrons. The fraction of sp³-hybridized carbons (Fsp3) is 0.333. The smallest absolute Gasteiger partial charge is 0.0431 e. The first-order valence-electron chi connectivity index (χ1n) is 5.61. The largest absolute Gasteiger partial charge is 0.998 e. The maximum absolute atomic E-state index is 5.74. The van der Waals surface area contributed by atoms with Gasteiger partial charge in [-0.2, -0.15) is 12.1 Å². The van der Waals surface area contributed by atoms with E-state index in [2.05, 4.69) is 36.4 Å². The fourth-order valence-corrected chi connectivity index (χ4v) is 1.80. The minimum atomic E-state index is 0. The van der Waals surface area contributed by atoms with Gasteiger partial charge in [0.2, 0.25) is 0 Å². The summed E-state index contributed by atoms with van der Waals surface area (Å²) in [4.78, 5) is 0. The van der Waals surface area contributed by atoms with Crippen LogP contribution in [0.5, 0.6) is 0 Å². The number of aryl methyl sites for hydroxylation is 1. The Morgan fingerprint density at radius 1 is 1.18 bits per heavy atom. The maximum atomic E-state index is 5.74. The van der Waals surface area contributed by atoms with Gasteiger partial charge < -0.3 is 34.6 Å². The van der Waals surface area contributed by atoms with Crippen molar-refractivity contribution < 1.29 is 21.8 Å². The van der Waals surface area contributed by atoms with Crippen LogP contribution in [-0.4, -0.2) is 6.61 Å². The summed E-state index contributed by atoms with van der Waals surface area (Å²) in [5.74, 6) is 0. The summed E-state index contributed by atoms with van der Waals surface area (Å²) in [5.41, 5.74) is 2.29. The zero-order chi connectivity index (χ0) is 11.2. The average molecular weight is 266 g/mol. The molecule has 2 aromatic carbocycles. The third kappa shape index (κ3) is 4.16. The predicted molar refractivity (Wildman–Crippen MR) is 62.1 cm³/mol. The van der Waals surface area contributed by atoms with Crippen molar-refractivity contribution in [1.29, 1.82) is 0 Å². The topological polar surface area (TPSA) is 9.23 Å². The molecular weight excluding hydrogens is 252 g/mol. The first-order chi connectivity index (χ1) is 7.90. The van der Waals surface area contributed by atoms with Crippen molar-refractivity contribution in [2.24, 2.45) is 0 Å². The summed E-state index contributed by atoms with van der Waals surface area (Å²) in [7, 11) is 0. The molecule has 0 spiro atoms. The number of rotatable bonds is 6. The third-order valence-electron chi connectivity index (χ3n) is 2.57. The zero-order valence-corrected chi connectivity index (χ0v) is 10.9. The Hall–Kier alpha value is -0.821. The van der Waals surface area contributed by atoms with E-state index >= 15 is 0 Å². The fourth-order valence-electron chi connectivity index (χ4n) is 1.80. The number of hydrogen-bond donors (Lipinski definition) is 0. The van der Waals surface area contributed by atoms with Crippen LogP contribution < -0.4 is 0 Å². The van der Waals surface area contributed by atoms with Gasteiger partial charge in [-0.3, -0.25) is 0 Å². The Labute approximate surface area is 114 Å². The van der Waals surface area contributed by atoms with Crippen LogP contribution in [0, 0.1) is 24.3 Å². The SMILES string of the molecule is CCOC(CC[c-]1[c-][c-][c-][c-]1)[c-]1cccc1.[Fe]. The molecule has 0 N–H and O–H groups in total. The summed E-state index contributed by atoms with van der Waals surface area (Å²) >= 11 is 0. The van der Waals surface area contributed by atoms with Crippen molar-refractivity contribution in [2.45, 2.75) is 25.9 Å². The van der Waals surface area contributed by atoms with Crippen molar-refractivity contribution in [2.75, 3.05) is 6.61 Å². The maximum Gasteiger partial charge on any atom is 0.0431 e. The van der Waals surface area contributed by atoms with Crippen molar-refractivity contribution >= 4 is 0 Å². The van der Waals surface area contributed by atoms with Crippen LogP contribution in [0.4, 0.5) is 0 Å². The van der Waals surface area contributed by atoms with Gasteiger partial charge in [0.1, 0.15) is 0 Å². The summed E-state index contributed by atoms with van der Waals surface area (Å²) in [6.07, 6.45) is 2.04. The van der Waals surface area contributed by atoms with Crippen LogP contribution >= 0.6 is 0 Å². The molecule has 0 heterocycles. The Bertz CT molecular complexity index is 375. The summed E-state index contributed by atoms with van der Waals surface area (Å²) in [6.45, 7) is 2.76. The van der Waals surface area contributed by atoms with Crippen molar-refractivity contribution in [1.82, 2.24) is 0 Å². The van der Waals surface area contributed by atoms with E-state index in [1.165, 1.54) is 5.56 Å². The van der Waals surface area contributed by atoms with Crippen LogP contribution in [0.25, 0.3) is 0 Å². The van der Waals surface area contributed by atoms with Gasteiger partial charge in [0, 0.05) is 29.8 Å². The molecule has 2 rings (SSSR count). The third-order valence-corrected chi connectivity index (χ3v) is 2.57. The molecule has 0 bridgehead atoms. The molecule has 0 aliphatic heterocycles. The zero-order valence-electron chi connectivity index (χ0n) is 9.77. The monoisotopic (exact) mass is 266 g/mol. The first kappa shape index (κ1) is 14.2. The van der Waals surface area contributed by atoms with E-state index in [-0.39, 0.29) is 23.2 Å². The van der Waals surface area contributed by atoms with E-state index in [0.717, 1.165) is 25.0 Å². The standard InChI is InChI=1S/C15H14O.Fe/c1-2-16-15(14-9-5-6-10-14)12-11-13-7-3-4-8-13;/h5-6,9-10,15H,2,11-12H2,1H3;/q-6;. The van der Waals surface area contributed by atoms with E-state index in [1.54, 1.807) is 0 Å². The van der Waals surface area contributed by atoms with Gasteiger partial charge in [-0.25, -0.2) is 18.6 Å². The Kier molecular flexibility index (Phi) is 6.28. The molecule has 0 fully saturated rings. The van der Waals surface area contributed by atoms with Crippen LogP contribution in [0.3, 0.4) is 0 Å². The van der Waals surface area contributed by atoms with Crippen LogP contribution in [0.2, 0.25) is 0 Å². The molecular formula is C15H14FeO-6. The Morgan fingerprint density at radius 3 is 2.41 bits per heavy atom. The van der Waals surface area contributed by atoms with E-state index in [0.29, 0.717) is 0 Å². The molecule has 1 unspecified atom stereocenters. The quantitative estimate of drug-likeness (QED) is 0.577. The molecule has 0 saturated carbocycles. The van der Waals surface area contributed by atoms with Crippen molar-refractivity contribution in [3.63, 3.8) is 0 Å². The van der Waals surface area contributed by atoms with E-state index in [9.17, 15) is 0 Å². The molecule has 17 heavy (non-hydrogen) atoms.